The monoisotopic (exact) mass is 524 g/mol. The van der Waals surface area contributed by atoms with E-state index in [2.05, 4.69) is 4.90 Å². The number of likely N-dealkylation sites (tertiary alicyclic amines) is 1. The van der Waals surface area contributed by atoms with Crippen LogP contribution in [0.25, 0.3) is 11.1 Å². The summed E-state index contributed by atoms with van der Waals surface area (Å²) in [5.41, 5.74) is 4.02. The zero-order chi connectivity index (χ0) is 27.4. The van der Waals surface area contributed by atoms with Crippen molar-refractivity contribution in [3.05, 3.63) is 95.6 Å². The topological polar surface area (TPSA) is 64.2 Å². The van der Waals surface area contributed by atoms with Crippen molar-refractivity contribution in [3.8, 4) is 11.1 Å². The second-order valence-corrected chi connectivity index (χ2v) is 10.2. The van der Waals surface area contributed by atoms with Gasteiger partial charge in [-0.2, -0.15) is 0 Å². The fourth-order valence-corrected chi connectivity index (χ4v) is 5.42. The van der Waals surface area contributed by atoms with Crippen molar-refractivity contribution in [2.75, 3.05) is 52.4 Å². The molecule has 5 rings (SSSR count). The SMILES string of the molecule is CCN(CC)C(=O)c1cccc(-c2ccc(C(=O)N3CC(N4CCN(C(=O)c5ccccc5)CC4)C3)cc2)c1. The number of rotatable bonds is 7. The van der Waals surface area contributed by atoms with Crippen LogP contribution >= 0.6 is 0 Å². The third-order valence-corrected chi connectivity index (χ3v) is 7.91. The van der Waals surface area contributed by atoms with E-state index in [9.17, 15) is 14.4 Å². The number of benzene rings is 3. The number of carbonyl (C=O) groups excluding carboxylic acids is 3. The maximum absolute atomic E-state index is 13.1. The van der Waals surface area contributed by atoms with Gasteiger partial charge in [-0.15, -0.1) is 0 Å². The molecule has 3 amide bonds. The lowest BCUT2D eigenvalue weighted by Crippen LogP contribution is -2.64. The van der Waals surface area contributed by atoms with Crippen LogP contribution in [0.4, 0.5) is 0 Å². The molecule has 2 heterocycles. The van der Waals surface area contributed by atoms with Crippen molar-refractivity contribution in [3.63, 3.8) is 0 Å². The first-order valence-corrected chi connectivity index (χ1v) is 13.9. The third-order valence-electron chi connectivity index (χ3n) is 7.91. The number of amides is 3. The lowest BCUT2D eigenvalue weighted by Gasteiger charge is -2.48. The molecule has 0 spiro atoms. The second-order valence-electron chi connectivity index (χ2n) is 10.2. The molecule has 2 fully saturated rings. The Morgan fingerprint density at radius 2 is 1.26 bits per heavy atom. The van der Waals surface area contributed by atoms with E-state index < -0.39 is 0 Å². The van der Waals surface area contributed by atoms with Gasteiger partial charge in [0.15, 0.2) is 0 Å². The van der Waals surface area contributed by atoms with Crippen molar-refractivity contribution >= 4 is 17.7 Å². The molecule has 202 valence electrons. The summed E-state index contributed by atoms with van der Waals surface area (Å²) < 4.78 is 0. The molecule has 2 aliphatic rings. The van der Waals surface area contributed by atoms with E-state index in [4.69, 9.17) is 0 Å². The zero-order valence-corrected chi connectivity index (χ0v) is 22.8. The van der Waals surface area contributed by atoms with Gasteiger partial charge in [0.2, 0.25) is 0 Å². The van der Waals surface area contributed by atoms with Gasteiger partial charge in [-0.1, -0.05) is 42.5 Å². The molecule has 0 aliphatic carbocycles. The van der Waals surface area contributed by atoms with Gasteiger partial charge in [0, 0.05) is 75.1 Å². The first-order valence-electron chi connectivity index (χ1n) is 13.9. The smallest absolute Gasteiger partial charge is 0.253 e. The number of piperazine rings is 1. The highest BCUT2D eigenvalue weighted by Gasteiger charge is 2.37. The van der Waals surface area contributed by atoms with E-state index in [-0.39, 0.29) is 17.7 Å². The Bertz CT molecular complexity index is 1310. The summed E-state index contributed by atoms with van der Waals surface area (Å²) in [6.07, 6.45) is 0. The summed E-state index contributed by atoms with van der Waals surface area (Å²) in [7, 11) is 0. The number of hydrogen-bond acceptors (Lipinski definition) is 4. The van der Waals surface area contributed by atoms with Gasteiger partial charge in [-0.25, -0.2) is 0 Å². The van der Waals surface area contributed by atoms with Gasteiger partial charge < -0.3 is 14.7 Å². The van der Waals surface area contributed by atoms with Crippen LogP contribution in [0.3, 0.4) is 0 Å². The summed E-state index contributed by atoms with van der Waals surface area (Å²) in [6, 6.07) is 25.1. The average Bonchev–Trinajstić information content (AvgIpc) is 2.97. The summed E-state index contributed by atoms with van der Waals surface area (Å²) >= 11 is 0. The summed E-state index contributed by atoms with van der Waals surface area (Å²) in [5.74, 6) is 0.165. The Morgan fingerprint density at radius 3 is 1.90 bits per heavy atom. The van der Waals surface area contributed by atoms with E-state index in [1.54, 1.807) is 0 Å². The first-order chi connectivity index (χ1) is 19.0. The lowest BCUT2D eigenvalue weighted by molar-refractivity contribution is 0.00853. The molecule has 0 radical (unpaired) electrons. The van der Waals surface area contributed by atoms with Crippen molar-refractivity contribution in [1.29, 1.82) is 0 Å². The highest BCUT2D eigenvalue weighted by Crippen LogP contribution is 2.24. The Kier molecular flexibility index (Phi) is 8.07. The number of carbonyl (C=O) groups is 3. The molecular weight excluding hydrogens is 488 g/mol. The largest absolute Gasteiger partial charge is 0.339 e. The molecule has 0 atom stereocenters. The van der Waals surface area contributed by atoms with Crippen LogP contribution in [0.1, 0.15) is 44.9 Å². The number of hydrogen-bond donors (Lipinski definition) is 0. The predicted octanol–water partition coefficient (Wildman–Crippen LogP) is 4.12. The van der Waals surface area contributed by atoms with Crippen molar-refractivity contribution in [2.45, 2.75) is 19.9 Å². The van der Waals surface area contributed by atoms with Crippen LogP contribution in [0.5, 0.6) is 0 Å². The molecule has 2 saturated heterocycles. The minimum absolute atomic E-state index is 0.0326. The highest BCUT2D eigenvalue weighted by atomic mass is 16.2. The summed E-state index contributed by atoms with van der Waals surface area (Å²) in [5, 5.41) is 0. The molecule has 0 N–H and O–H groups in total. The Balaban J connectivity index is 1.13. The normalized spacial score (nSPS) is 16.1. The van der Waals surface area contributed by atoms with E-state index in [1.807, 2.05) is 107 Å². The molecule has 2 aliphatic heterocycles. The average molecular weight is 525 g/mol. The first kappa shape index (κ1) is 26.6. The highest BCUT2D eigenvalue weighted by molar-refractivity contribution is 5.97. The quantitative estimate of drug-likeness (QED) is 0.467. The van der Waals surface area contributed by atoms with Gasteiger partial charge >= 0.3 is 0 Å². The van der Waals surface area contributed by atoms with Gasteiger partial charge in [-0.05, 0) is 61.4 Å². The maximum Gasteiger partial charge on any atom is 0.253 e. The van der Waals surface area contributed by atoms with Gasteiger partial charge in [0.05, 0.1) is 0 Å². The van der Waals surface area contributed by atoms with Gasteiger partial charge in [-0.3, -0.25) is 19.3 Å². The molecule has 7 nitrogen and oxygen atoms in total. The minimum atomic E-state index is 0.0326. The van der Waals surface area contributed by atoms with Crippen LogP contribution in [-0.4, -0.2) is 95.7 Å². The Labute approximate surface area is 230 Å². The second kappa shape index (κ2) is 11.8. The molecule has 39 heavy (non-hydrogen) atoms. The van der Waals surface area contributed by atoms with Crippen LogP contribution in [-0.2, 0) is 0 Å². The van der Waals surface area contributed by atoms with E-state index in [1.165, 1.54) is 0 Å². The zero-order valence-electron chi connectivity index (χ0n) is 22.8. The van der Waals surface area contributed by atoms with Crippen molar-refractivity contribution in [1.82, 2.24) is 19.6 Å². The molecular formula is C32H36N4O3. The molecule has 0 aromatic heterocycles. The molecule has 0 unspecified atom stereocenters. The van der Waals surface area contributed by atoms with E-state index in [0.29, 0.717) is 56.4 Å². The summed E-state index contributed by atoms with van der Waals surface area (Å²) in [4.78, 5) is 46.6. The van der Waals surface area contributed by atoms with Gasteiger partial charge in [0.1, 0.15) is 0 Å². The standard InChI is InChI=1S/C32H36N4O3/c1-3-33(4-2)32(39)28-12-8-11-27(21-28)24-13-15-26(16-14-24)31(38)36-22-29(23-36)34-17-19-35(20-18-34)30(37)25-9-6-5-7-10-25/h5-16,21,29H,3-4,17-20,22-23H2,1-2H3. The lowest BCUT2D eigenvalue weighted by atomic mass is 9.99. The van der Waals surface area contributed by atoms with Crippen LogP contribution in [0.15, 0.2) is 78.9 Å². The maximum atomic E-state index is 13.1. The van der Waals surface area contributed by atoms with E-state index >= 15 is 0 Å². The Hall–Kier alpha value is -3.97. The molecule has 3 aromatic carbocycles. The van der Waals surface area contributed by atoms with Crippen LogP contribution in [0, 0.1) is 0 Å². The minimum Gasteiger partial charge on any atom is -0.339 e. The molecule has 0 bridgehead atoms. The Morgan fingerprint density at radius 1 is 0.667 bits per heavy atom. The summed E-state index contributed by atoms with van der Waals surface area (Å²) in [6.45, 7) is 9.82. The van der Waals surface area contributed by atoms with E-state index in [0.717, 1.165) is 29.8 Å². The van der Waals surface area contributed by atoms with Crippen molar-refractivity contribution in [2.24, 2.45) is 0 Å². The molecule has 3 aromatic rings. The fourth-order valence-electron chi connectivity index (χ4n) is 5.42. The van der Waals surface area contributed by atoms with Crippen molar-refractivity contribution < 1.29 is 14.4 Å². The van der Waals surface area contributed by atoms with Crippen LogP contribution < -0.4 is 0 Å². The molecule has 7 heteroatoms. The fraction of sp³-hybridized carbons (Fsp3) is 0.344. The molecule has 0 saturated carbocycles. The third kappa shape index (κ3) is 5.73. The predicted molar refractivity (Wildman–Crippen MR) is 153 cm³/mol. The number of nitrogens with zero attached hydrogens (tertiary/aromatic N) is 4. The van der Waals surface area contributed by atoms with Gasteiger partial charge in [0.25, 0.3) is 17.7 Å². The van der Waals surface area contributed by atoms with Crippen LogP contribution in [0.2, 0.25) is 0 Å².